The van der Waals surface area contributed by atoms with Crippen molar-refractivity contribution < 1.29 is 133 Å². The van der Waals surface area contributed by atoms with Crippen LogP contribution < -0.4 is 4.65 Å². The van der Waals surface area contributed by atoms with Gasteiger partial charge in [0.2, 0.25) is 0 Å². The van der Waals surface area contributed by atoms with Crippen LogP contribution in [-0.4, -0.2) is 17.2 Å². The summed E-state index contributed by atoms with van der Waals surface area (Å²) in [5.41, 5.74) is 3.97. The Kier molecular flexibility index (Phi) is 37.4. The molecule has 4 radical (unpaired) electrons. The van der Waals surface area contributed by atoms with E-state index in [-0.39, 0.29) is 118 Å². The molecule has 3 nitrogen and oxygen atoms in total. The molecule has 0 saturated carbocycles. The molecule has 2 N–H and O–H groups in total. The molecule has 0 aromatic heterocycles. The Morgan fingerprint density at radius 3 is 1.97 bits per heavy atom. The normalized spacial score (nSPS) is 11.8. The molecule has 35 heavy (non-hydrogen) atoms. The zero-order valence-corrected chi connectivity index (χ0v) is 39.9. The van der Waals surface area contributed by atoms with E-state index in [9.17, 15) is 10.1 Å². The first kappa shape index (κ1) is 47.0. The molecule has 186 valence electrons. The minimum absolute atomic E-state index is 0. The summed E-state index contributed by atoms with van der Waals surface area (Å²) in [6, 6.07) is 7.54. The van der Waals surface area contributed by atoms with Crippen LogP contribution >= 0.6 is 81.5 Å². The van der Waals surface area contributed by atoms with Gasteiger partial charge in [-0.2, -0.15) is 0 Å². The molecular weight excluding hydrogens is 1090 g/mol. The molecule has 6 unspecified atom stereocenters. The van der Waals surface area contributed by atoms with Crippen molar-refractivity contribution in [3.05, 3.63) is 67.5 Å². The maximum atomic E-state index is 9.47. The van der Waals surface area contributed by atoms with Crippen molar-refractivity contribution in [2.24, 2.45) is 0 Å². The summed E-state index contributed by atoms with van der Waals surface area (Å²) in [4.78, 5) is 0. The van der Waals surface area contributed by atoms with Gasteiger partial charge in [-0.05, 0) is 62.1 Å². The van der Waals surface area contributed by atoms with Crippen molar-refractivity contribution in [1.29, 1.82) is 0 Å². The van der Waals surface area contributed by atoms with E-state index in [1.807, 2.05) is 57.2 Å². The predicted molar refractivity (Wildman–Crippen MR) is 164 cm³/mol. The summed E-state index contributed by atoms with van der Waals surface area (Å²) in [6.07, 6.45) is 5.63. The number of benzene rings is 2. The van der Waals surface area contributed by atoms with Crippen LogP contribution in [0.1, 0.15) is 29.2 Å². The minimum atomic E-state index is -0.812. The number of aryl methyl sites for hydroxylation is 2. The molecule has 0 fully saturated rings. The number of phenolic OH excluding ortho intramolecular Hbond substituents is 1. The molecule has 1 heterocycles. The summed E-state index contributed by atoms with van der Waals surface area (Å²) < 4.78 is 7.29. The molecule has 16 heteroatoms. The molecule has 0 spiro atoms. The predicted octanol–water partition coefficient (Wildman–Crippen LogP) is 8.69. The van der Waals surface area contributed by atoms with Crippen LogP contribution in [0.25, 0.3) is 12.2 Å². The Labute approximate surface area is 327 Å². The van der Waals surface area contributed by atoms with Gasteiger partial charge in [-0.25, -0.2) is 0 Å². The van der Waals surface area contributed by atoms with Gasteiger partial charge < -0.3 is 14.8 Å². The van der Waals surface area contributed by atoms with E-state index >= 15 is 0 Å². The summed E-state index contributed by atoms with van der Waals surface area (Å²) >= 11 is 6.84. The standard InChI is InChI=1S/C10H11BrO.C9H8BBrO2.Ir.H8P6.3Y/c1-3-4-8-6-9(11)7(2)5-10(8)12;1-6-4-9-7(5-8(6)11)2-3-10(12)13-9;;1-3-5-6-4-2;;;/h3-6,12H,1-2H3;2-5,12H,1H3;;3-6H,1-2H2;;;/b4-3+;;;;;;. The van der Waals surface area contributed by atoms with Crippen LogP contribution in [0.15, 0.2) is 45.3 Å². The average Bonchev–Trinajstić information content (AvgIpc) is 2.73. The van der Waals surface area contributed by atoms with Crippen LogP contribution in [0.3, 0.4) is 0 Å². The van der Waals surface area contributed by atoms with Crippen LogP contribution in [0, 0.1) is 13.8 Å². The Bertz CT molecular complexity index is 932. The molecule has 1 aliphatic heterocycles. The largest absolute Gasteiger partial charge is 0.552 e. The third-order valence-electron chi connectivity index (χ3n) is 3.84. The first-order chi connectivity index (χ1) is 14.7. The summed E-state index contributed by atoms with van der Waals surface area (Å²) in [7, 11) is 9.41. The van der Waals surface area contributed by atoms with Crippen LogP contribution in [0.2, 0.25) is 0 Å². The van der Waals surface area contributed by atoms with E-state index in [0.717, 1.165) is 52.9 Å². The molecule has 3 rings (SSSR count). The molecule has 2 aromatic rings. The van der Waals surface area contributed by atoms with Crippen LogP contribution in [-0.2, 0) is 118 Å². The van der Waals surface area contributed by atoms with E-state index in [1.165, 1.54) is 15.9 Å². The molecule has 6 atom stereocenters. The number of rotatable bonds is 4. The Balaban J connectivity index is -0.000000206. The van der Waals surface area contributed by atoms with E-state index < -0.39 is 7.12 Å². The van der Waals surface area contributed by atoms with Gasteiger partial charge in [0, 0.05) is 138 Å². The topological polar surface area (TPSA) is 49.7 Å². The number of fused-ring (bicyclic) bond motifs is 1. The Hall–Kier alpha value is 5.05. The van der Waals surface area contributed by atoms with Crippen LogP contribution in [0.5, 0.6) is 11.5 Å². The van der Waals surface area contributed by atoms with Crippen molar-refractivity contribution in [3.63, 3.8) is 0 Å². The van der Waals surface area contributed by atoms with Gasteiger partial charge in [-0.15, -0.1) is 17.9 Å². The average molecular weight is 1120 g/mol. The summed E-state index contributed by atoms with van der Waals surface area (Å²) in [6.45, 7) is 5.86. The molecule has 2 aromatic carbocycles. The SMILES string of the molecule is C/C=C/c1cc(Br)c(C)cc1O.Cc1cc2c(cc1Br)C=CB(O)O2.PPPPPP.[Ir].[Y].[Y].[Y]. The number of allylic oxidation sites excluding steroid dienone is 1. The molecular formula is C19H27BBr2IrO3P6Y3. The Morgan fingerprint density at radius 1 is 0.943 bits per heavy atom. The first-order valence-corrected chi connectivity index (χ1v) is 21.3. The van der Waals surface area contributed by atoms with Gasteiger partial charge in [-0.1, -0.05) is 81.9 Å². The third kappa shape index (κ3) is 19.8. The van der Waals surface area contributed by atoms with Crippen molar-refractivity contribution in [2.75, 3.05) is 0 Å². The van der Waals surface area contributed by atoms with Crippen molar-refractivity contribution in [2.45, 2.75) is 20.8 Å². The fourth-order valence-corrected chi connectivity index (χ4v) is 20.5. The maximum Gasteiger partial charge on any atom is 0.552 e. The maximum absolute atomic E-state index is 9.47. The first-order valence-electron chi connectivity index (χ1n) is 9.09. The second-order valence-electron chi connectivity index (χ2n) is 6.21. The minimum Gasteiger partial charge on any atom is -0.532 e. The second-order valence-corrected chi connectivity index (χ2v) is 21.9. The fourth-order valence-electron chi connectivity index (χ4n) is 2.32. The monoisotopic (exact) mass is 1120 g/mol. The number of hydrogen-bond donors (Lipinski definition) is 2. The number of hydrogen-bond acceptors (Lipinski definition) is 3. The molecule has 0 aliphatic carbocycles. The van der Waals surface area contributed by atoms with Gasteiger partial charge in [0.15, 0.2) is 0 Å². The number of halogens is 2. The molecule has 0 bridgehead atoms. The summed E-state index contributed by atoms with van der Waals surface area (Å²) in [5.74, 6) is 2.67. The third-order valence-corrected chi connectivity index (χ3v) is 22.1. The van der Waals surface area contributed by atoms with E-state index in [4.69, 9.17) is 4.65 Å². The van der Waals surface area contributed by atoms with Gasteiger partial charge in [-0.3, -0.25) is 0 Å². The summed E-state index contributed by atoms with van der Waals surface area (Å²) in [5, 5.41) is 18.7. The van der Waals surface area contributed by atoms with Gasteiger partial charge in [0.1, 0.15) is 11.5 Å². The van der Waals surface area contributed by atoms with E-state index in [0.29, 0.717) is 5.75 Å². The second kappa shape index (κ2) is 27.9. The zero-order chi connectivity index (χ0) is 23.4. The number of phenols is 1. The van der Waals surface area contributed by atoms with E-state index in [1.54, 1.807) is 12.0 Å². The van der Waals surface area contributed by atoms with Gasteiger partial charge in [0.05, 0.1) is 0 Å². The fraction of sp³-hybridized carbons (Fsp3) is 0.158. The van der Waals surface area contributed by atoms with Gasteiger partial charge in [0.25, 0.3) is 0 Å². The quantitative estimate of drug-likeness (QED) is 0.183. The van der Waals surface area contributed by atoms with Crippen molar-refractivity contribution in [1.82, 2.24) is 0 Å². The van der Waals surface area contributed by atoms with Crippen LogP contribution in [0.4, 0.5) is 0 Å². The van der Waals surface area contributed by atoms with Crippen molar-refractivity contribution >= 4 is 101 Å². The number of aromatic hydroxyl groups is 1. The Morgan fingerprint density at radius 2 is 1.46 bits per heavy atom. The van der Waals surface area contributed by atoms with E-state index in [2.05, 4.69) is 49.7 Å². The van der Waals surface area contributed by atoms with Gasteiger partial charge >= 0.3 is 7.12 Å². The smallest absolute Gasteiger partial charge is 0.532 e. The zero-order valence-electron chi connectivity index (χ0n) is 19.5. The molecule has 1 aliphatic rings. The molecule has 0 amide bonds. The molecule has 0 saturated heterocycles. The van der Waals surface area contributed by atoms with Crippen molar-refractivity contribution in [3.8, 4) is 11.5 Å².